The van der Waals surface area contributed by atoms with E-state index in [9.17, 15) is 0 Å². The van der Waals surface area contributed by atoms with Crippen LogP contribution in [0.25, 0.3) is 11.1 Å². The summed E-state index contributed by atoms with van der Waals surface area (Å²) in [5, 5.41) is 0. The Morgan fingerprint density at radius 1 is 0.821 bits per heavy atom. The number of hydrogen-bond acceptors (Lipinski definition) is 2. The summed E-state index contributed by atoms with van der Waals surface area (Å²) in [6.45, 7) is 31.2. The van der Waals surface area contributed by atoms with E-state index in [-0.39, 0.29) is 0 Å². The Hall–Kier alpha value is -2.94. The van der Waals surface area contributed by atoms with Crippen LogP contribution < -0.4 is 0 Å². The van der Waals surface area contributed by atoms with Gasteiger partial charge in [-0.25, -0.2) is 0 Å². The van der Waals surface area contributed by atoms with Gasteiger partial charge in [-0.1, -0.05) is 170 Å². The Bertz CT molecular complexity index is 1260. The molecule has 0 nitrogen and oxygen atoms in total. The van der Waals surface area contributed by atoms with Gasteiger partial charge in [0.05, 0.1) is 0 Å². The zero-order valence-electron chi connectivity index (χ0n) is 25.1. The van der Waals surface area contributed by atoms with Crippen molar-refractivity contribution in [1.82, 2.24) is 0 Å². The molecule has 0 spiro atoms. The highest BCUT2D eigenvalue weighted by molar-refractivity contribution is 8.09. The zero-order valence-corrected chi connectivity index (χ0v) is 26.7. The van der Waals surface area contributed by atoms with Crippen molar-refractivity contribution in [3.8, 4) is 11.1 Å². The van der Waals surface area contributed by atoms with Crippen molar-refractivity contribution in [3.05, 3.63) is 143 Å². The second-order valence-electron chi connectivity index (χ2n) is 8.05. The number of aryl methyl sites for hydroxylation is 1. The van der Waals surface area contributed by atoms with Gasteiger partial charge in [-0.05, 0) is 58.7 Å². The van der Waals surface area contributed by atoms with Crippen LogP contribution in [0.4, 0.5) is 0 Å². The van der Waals surface area contributed by atoms with E-state index in [2.05, 4.69) is 93.9 Å². The second kappa shape index (κ2) is 18.4. The van der Waals surface area contributed by atoms with E-state index in [0.717, 1.165) is 34.5 Å². The van der Waals surface area contributed by atoms with Gasteiger partial charge in [-0.3, -0.25) is 0 Å². The topological polar surface area (TPSA) is 0 Å². The summed E-state index contributed by atoms with van der Waals surface area (Å²) in [5.74, 6) is 0. The van der Waals surface area contributed by atoms with Crippen LogP contribution in [-0.2, 0) is 0 Å². The van der Waals surface area contributed by atoms with E-state index in [1.165, 1.54) is 37.0 Å². The van der Waals surface area contributed by atoms with Crippen molar-refractivity contribution >= 4 is 23.5 Å². The molecular formula is C37H46S2. The monoisotopic (exact) mass is 554 g/mol. The molecule has 1 aliphatic heterocycles. The van der Waals surface area contributed by atoms with E-state index in [4.69, 9.17) is 0 Å². The van der Waals surface area contributed by atoms with Gasteiger partial charge in [0.2, 0.25) is 0 Å². The number of thioether (sulfide) groups is 2. The smallest absolute Gasteiger partial charge is 0.0343 e. The standard InChI is InChI=1S/C31H28S2.3C2H6/c1-6-7-14-21(2)23(4)29-30(24(5)25-15-10-8-11-16-25)33-31-27(26-17-12-9-13-18-26)20-19-22(3)28(31)32-29;3*1-2/h6-10,12-15,17-20H,1-2,4-5,11,16H2,3H3;3*1-2H3/b14-7-;;;. The minimum absolute atomic E-state index is 0.890. The van der Waals surface area contributed by atoms with Gasteiger partial charge in [0.1, 0.15) is 0 Å². The van der Waals surface area contributed by atoms with E-state index in [1.54, 1.807) is 17.8 Å². The minimum atomic E-state index is 0.890. The first-order valence-electron chi connectivity index (χ1n) is 14.0. The van der Waals surface area contributed by atoms with Crippen LogP contribution in [0.2, 0.25) is 0 Å². The number of rotatable bonds is 7. The van der Waals surface area contributed by atoms with Crippen molar-refractivity contribution in [2.45, 2.75) is 71.1 Å². The van der Waals surface area contributed by atoms with Crippen LogP contribution in [-0.4, -0.2) is 0 Å². The molecule has 2 aromatic carbocycles. The first-order chi connectivity index (χ1) is 19.0. The molecule has 2 aromatic rings. The van der Waals surface area contributed by atoms with Gasteiger partial charge < -0.3 is 0 Å². The lowest BCUT2D eigenvalue weighted by Crippen LogP contribution is -2.04. The number of benzene rings is 2. The number of fused-ring (bicyclic) bond motifs is 1. The normalized spacial score (nSPS) is 13.4. The molecule has 206 valence electrons. The predicted octanol–water partition coefficient (Wildman–Crippen LogP) is 12.8. The van der Waals surface area contributed by atoms with E-state index in [1.807, 2.05) is 65.5 Å². The molecule has 0 radical (unpaired) electrons. The van der Waals surface area contributed by atoms with Gasteiger partial charge >= 0.3 is 0 Å². The Labute approximate surface area is 247 Å². The summed E-state index contributed by atoms with van der Waals surface area (Å²) < 4.78 is 0. The maximum Gasteiger partial charge on any atom is 0.0343 e. The Balaban J connectivity index is 0.00000119. The Morgan fingerprint density at radius 3 is 2.05 bits per heavy atom. The first kappa shape index (κ1) is 34.1. The fraction of sp³-hybridized carbons (Fsp3) is 0.243. The molecule has 39 heavy (non-hydrogen) atoms. The predicted molar refractivity (Wildman–Crippen MR) is 183 cm³/mol. The fourth-order valence-electron chi connectivity index (χ4n) is 3.86. The third-order valence-electron chi connectivity index (χ3n) is 5.78. The highest BCUT2D eigenvalue weighted by Crippen LogP contribution is 2.56. The second-order valence-corrected chi connectivity index (χ2v) is 10.1. The summed E-state index contributed by atoms with van der Waals surface area (Å²) in [6, 6.07) is 15.1. The molecular weight excluding hydrogens is 509 g/mol. The highest BCUT2D eigenvalue weighted by atomic mass is 32.2. The average molecular weight is 555 g/mol. The molecule has 1 heterocycles. The van der Waals surface area contributed by atoms with Crippen molar-refractivity contribution in [3.63, 3.8) is 0 Å². The van der Waals surface area contributed by atoms with Gasteiger partial charge in [-0.2, -0.15) is 0 Å². The molecule has 1 aliphatic carbocycles. The van der Waals surface area contributed by atoms with E-state index in [0.29, 0.717) is 0 Å². The van der Waals surface area contributed by atoms with Crippen LogP contribution in [0.3, 0.4) is 0 Å². The van der Waals surface area contributed by atoms with Crippen LogP contribution >= 0.6 is 23.5 Å². The Morgan fingerprint density at radius 2 is 1.46 bits per heavy atom. The highest BCUT2D eigenvalue weighted by Gasteiger charge is 2.28. The zero-order chi connectivity index (χ0) is 29.4. The lowest BCUT2D eigenvalue weighted by Gasteiger charge is -2.28. The van der Waals surface area contributed by atoms with Crippen LogP contribution in [0.5, 0.6) is 0 Å². The fourth-order valence-corrected chi connectivity index (χ4v) is 6.69. The quantitative estimate of drug-likeness (QED) is 0.312. The third kappa shape index (κ3) is 8.78. The van der Waals surface area contributed by atoms with E-state index >= 15 is 0 Å². The lowest BCUT2D eigenvalue weighted by molar-refractivity contribution is 0.977. The van der Waals surface area contributed by atoms with Crippen molar-refractivity contribution < 1.29 is 0 Å². The van der Waals surface area contributed by atoms with Crippen LogP contribution in [0.1, 0.15) is 59.9 Å². The largest absolute Gasteiger partial charge is 0.0991 e. The number of hydrogen-bond donors (Lipinski definition) is 0. The maximum absolute atomic E-state index is 4.55. The van der Waals surface area contributed by atoms with Crippen LogP contribution in [0.15, 0.2) is 147 Å². The van der Waals surface area contributed by atoms with Crippen molar-refractivity contribution in [2.75, 3.05) is 0 Å². The van der Waals surface area contributed by atoms with Crippen molar-refractivity contribution in [1.29, 1.82) is 0 Å². The lowest BCUT2D eigenvalue weighted by atomic mass is 9.96. The molecule has 2 heteroatoms. The summed E-state index contributed by atoms with van der Waals surface area (Å²) >= 11 is 3.62. The van der Waals surface area contributed by atoms with Crippen molar-refractivity contribution in [2.24, 2.45) is 0 Å². The minimum Gasteiger partial charge on any atom is -0.0991 e. The Kier molecular flexibility index (Phi) is 16.1. The maximum atomic E-state index is 4.55. The molecule has 0 bridgehead atoms. The molecule has 0 unspecified atom stereocenters. The summed E-state index contributed by atoms with van der Waals surface area (Å²) in [4.78, 5) is 4.89. The molecule has 0 atom stereocenters. The summed E-state index contributed by atoms with van der Waals surface area (Å²) in [7, 11) is 0. The molecule has 0 saturated carbocycles. The van der Waals surface area contributed by atoms with Gasteiger partial charge in [0, 0.05) is 19.6 Å². The van der Waals surface area contributed by atoms with Gasteiger partial charge in [0.25, 0.3) is 0 Å². The third-order valence-corrected chi connectivity index (χ3v) is 8.71. The molecule has 0 amide bonds. The number of allylic oxidation sites excluding steroid dienone is 10. The average Bonchev–Trinajstić information content (AvgIpc) is 3.02. The molecule has 0 saturated heterocycles. The molecule has 0 fully saturated rings. The molecule has 0 N–H and O–H groups in total. The van der Waals surface area contributed by atoms with Crippen LogP contribution in [0, 0.1) is 6.92 Å². The molecule has 0 aromatic heterocycles. The first-order valence-corrected chi connectivity index (χ1v) is 15.7. The SMILES string of the molecule is C=C/C=C\C(=C)C(=C)C1=C(C(=C)C2=CC=CCC2)Sc2c(-c3ccccc3)ccc(C)c2S1.CC.CC.CC. The van der Waals surface area contributed by atoms with E-state index < -0.39 is 0 Å². The van der Waals surface area contributed by atoms with Gasteiger partial charge in [0.15, 0.2) is 0 Å². The molecule has 4 rings (SSSR count). The van der Waals surface area contributed by atoms with Gasteiger partial charge in [-0.15, -0.1) is 0 Å². The molecule has 2 aliphatic rings. The summed E-state index contributed by atoms with van der Waals surface area (Å²) in [5.41, 5.74) is 7.95. The summed E-state index contributed by atoms with van der Waals surface area (Å²) in [6.07, 6.45) is 14.2.